The number of hydrogen-bond donors (Lipinski definition) is 2. The van der Waals surface area contributed by atoms with E-state index in [1.165, 1.54) is 18.4 Å². The van der Waals surface area contributed by atoms with Crippen LogP contribution in [0.15, 0.2) is 52.1 Å². The monoisotopic (exact) mass is 555 g/mol. The van der Waals surface area contributed by atoms with Crippen LogP contribution in [0.3, 0.4) is 0 Å². The Balaban J connectivity index is 0.00000363. The number of likely N-dealkylation sites (N-methyl/N-ethyl adjacent to an activating group) is 1. The number of ether oxygens (including phenoxy) is 1. The number of nitrogens with zero attached hydrogens (tertiary/aromatic N) is 3. The number of furan rings is 1. The molecule has 1 aromatic heterocycles. The van der Waals surface area contributed by atoms with Gasteiger partial charge in [-0.25, -0.2) is 0 Å². The number of rotatable bonds is 10. The van der Waals surface area contributed by atoms with Crippen LogP contribution in [-0.2, 0) is 0 Å². The highest BCUT2D eigenvalue weighted by atomic mass is 127. The van der Waals surface area contributed by atoms with Crippen molar-refractivity contribution in [2.45, 2.75) is 31.8 Å². The van der Waals surface area contributed by atoms with Crippen molar-refractivity contribution in [3.63, 3.8) is 0 Å². The highest BCUT2D eigenvalue weighted by molar-refractivity contribution is 14.0. The minimum absolute atomic E-state index is 0. The minimum Gasteiger partial charge on any atom is -0.497 e. The number of benzene rings is 1. The van der Waals surface area contributed by atoms with Crippen molar-refractivity contribution in [3.05, 3.63) is 54.0 Å². The van der Waals surface area contributed by atoms with E-state index in [9.17, 15) is 0 Å². The molecular weight excluding hydrogens is 517 g/mol. The second-order valence-corrected chi connectivity index (χ2v) is 8.13. The Hall–Kier alpha value is -1.78. The normalized spacial score (nSPS) is 16.5. The van der Waals surface area contributed by atoms with Crippen molar-refractivity contribution in [2.24, 2.45) is 4.99 Å². The van der Waals surface area contributed by atoms with E-state index < -0.39 is 0 Å². The third-order valence-electron chi connectivity index (χ3n) is 5.78. The van der Waals surface area contributed by atoms with E-state index in [-0.39, 0.29) is 36.1 Å². The lowest BCUT2D eigenvalue weighted by Gasteiger charge is -2.28. The van der Waals surface area contributed by atoms with Crippen LogP contribution in [0.4, 0.5) is 0 Å². The van der Waals surface area contributed by atoms with Gasteiger partial charge < -0.3 is 19.8 Å². The van der Waals surface area contributed by atoms with E-state index in [1.54, 1.807) is 13.4 Å². The molecule has 2 heterocycles. The molecular formula is C24H38IN5O2. The zero-order valence-electron chi connectivity index (χ0n) is 19.7. The van der Waals surface area contributed by atoms with Gasteiger partial charge >= 0.3 is 0 Å². The molecule has 178 valence electrons. The second-order valence-electron chi connectivity index (χ2n) is 8.13. The molecule has 0 amide bonds. The Morgan fingerprint density at radius 3 is 2.59 bits per heavy atom. The Bertz CT molecular complexity index is 806. The van der Waals surface area contributed by atoms with Gasteiger partial charge in [0.15, 0.2) is 5.96 Å². The van der Waals surface area contributed by atoms with Crippen LogP contribution in [-0.4, -0.2) is 69.7 Å². The van der Waals surface area contributed by atoms with E-state index in [2.05, 4.69) is 59.7 Å². The molecule has 3 rings (SSSR count). The van der Waals surface area contributed by atoms with Crippen molar-refractivity contribution in [3.8, 4) is 5.75 Å². The van der Waals surface area contributed by atoms with Gasteiger partial charge in [0.1, 0.15) is 11.5 Å². The van der Waals surface area contributed by atoms with Crippen LogP contribution >= 0.6 is 24.0 Å². The van der Waals surface area contributed by atoms with Crippen LogP contribution in [0.1, 0.15) is 43.2 Å². The largest absolute Gasteiger partial charge is 0.497 e. The number of hydrogen-bond acceptors (Lipinski definition) is 5. The molecule has 8 heteroatoms. The van der Waals surface area contributed by atoms with Crippen LogP contribution in [0, 0.1) is 0 Å². The fourth-order valence-electron chi connectivity index (χ4n) is 4.07. The molecule has 0 saturated carbocycles. The lowest BCUT2D eigenvalue weighted by Crippen LogP contribution is -2.42. The van der Waals surface area contributed by atoms with Gasteiger partial charge in [0.25, 0.3) is 0 Å². The molecule has 2 aromatic rings. The lowest BCUT2D eigenvalue weighted by atomic mass is 10.1. The first-order valence-electron chi connectivity index (χ1n) is 11.2. The highest BCUT2D eigenvalue weighted by Crippen LogP contribution is 2.28. The van der Waals surface area contributed by atoms with Crippen LogP contribution in [0.5, 0.6) is 5.75 Å². The third kappa shape index (κ3) is 7.38. The van der Waals surface area contributed by atoms with Crippen molar-refractivity contribution >= 4 is 29.9 Å². The average Bonchev–Trinajstić information content (AvgIpc) is 3.49. The van der Waals surface area contributed by atoms with Gasteiger partial charge in [-0.05, 0) is 76.8 Å². The Morgan fingerprint density at radius 2 is 1.97 bits per heavy atom. The molecule has 2 N–H and O–H groups in total. The number of methoxy groups -OCH3 is 1. The predicted octanol–water partition coefficient (Wildman–Crippen LogP) is 3.90. The standard InChI is InChI=1S/C24H37N5O2.HI/c1-5-25-24(27-18-22(28(2)3)23-12-9-15-31-23)26-17-21(29-13-6-7-14-29)19-10-8-11-20(16-19)30-4;/h8-12,15-16,21-22H,5-7,13-14,17-18H2,1-4H3,(H2,25,26,27);1H. The van der Waals surface area contributed by atoms with Crippen LogP contribution < -0.4 is 15.4 Å². The summed E-state index contributed by atoms with van der Waals surface area (Å²) in [7, 11) is 5.84. The summed E-state index contributed by atoms with van der Waals surface area (Å²) in [5.74, 6) is 2.66. The first-order valence-corrected chi connectivity index (χ1v) is 11.2. The van der Waals surface area contributed by atoms with E-state index >= 15 is 0 Å². The molecule has 1 aromatic carbocycles. The lowest BCUT2D eigenvalue weighted by molar-refractivity contribution is 0.250. The maximum absolute atomic E-state index is 5.63. The zero-order chi connectivity index (χ0) is 22.1. The van der Waals surface area contributed by atoms with E-state index in [4.69, 9.17) is 14.1 Å². The fourth-order valence-corrected chi connectivity index (χ4v) is 4.07. The smallest absolute Gasteiger partial charge is 0.191 e. The average molecular weight is 556 g/mol. The summed E-state index contributed by atoms with van der Waals surface area (Å²) in [5, 5.41) is 6.89. The molecule has 32 heavy (non-hydrogen) atoms. The number of aliphatic imine (C=N–C) groups is 1. The number of guanidine groups is 1. The molecule has 2 atom stereocenters. The van der Waals surface area contributed by atoms with Crippen molar-refractivity contribution in [1.29, 1.82) is 0 Å². The van der Waals surface area contributed by atoms with Gasteiger partial charge in [-0.3, -0.25) is 14.8 Å². The van der Waals surface area contributed by atoms with Crippen molar-refractivity contribution in [1.82, 2.24) is 20.4 Å². The summed E-state index contributed by atoms with van der Waals surface area (Å²) >= 11 is 0. The summed E-state index contributed by atoms with van der Waals surface area (Å²) in [5.41, 5.74) is 1.25. The molecule has 7 nitrogen and oxygen atoms in total. The summed E-state index contributed by atoms with van der Waals surface area (Å²) < 4.78 is 11.1. The number of halogens is 1. The number of likely N-dealkylation sites (tertiary alicyclic amines) is 1. The van der Waals surface area contributed by atoms with Crippen molar-refractivity contribution in [2.75, 3.05) is 53.9 Å². The zero-order valence-corrected chi connectivity index (χ0v) is 22.0. The molecule has 0 radical (unpaired) electrons. The maximum atomic E-state index is 5.63. The molecule has 0 bridgehead atoms. The van der Waals surface area contributed by atoms with E-state index in [0.29, 0.717) is 13.1 Å². The SMILES string of the molecule is CCNC(=NCC(c1cccc(OC)c1)N1CCCC1)NCC(c1ccco1)N(C)C.I. The Kier molecular flexibility index (Phi) is 11.3. The summed E-state index contributed by atoms with van der Waals surface area (Å²) in [6.45, 7) is 6.53. The molecule has 1 aliphatic heterocycles. The highest BCUT2D eigenvalue weighted by Gasteiger charge is 2.24. The van der Waals surface area contributed by atoms with Crippen LogP contribution in [0.2, 0.25) is 0 Å². The second kappa shape index (κ2) is 13.7. The fraction of sp³-hybridized carbons (Fsp3) is 0.542. The maximum Gasteiger partial charge on any atom is 0.191 e. The molecule has 1 aliphatic rings. The first kappa shape index (κ1) is 26.5. The molecule has 0 spiro atoms. The van der Waals surface area contributed by atoms with Gasteiger partial charge in [-0.15, -0.1) is 24.0 Å². The molecule has 0 aliphatic carbocycles. The van der Waals surface area contributed by atoms with Crippen molar-refractivity contribution < 1.29 is 9.15 Å². The first-order chi connectivity index (χ1) is 15.1. The van der Waals surface area contributed by atoms with Gasteiger partial charge in [-0.2, -0.15) is 0 Å². The minimum atomic E-state index is 0. The molecule has 1 saturated heterocycles. The summed E-state index contributed by atoms with van der Waals surface area (Å²) in [4.78, 5) is 9.65. The van der Waals surface area contributed by atoms with E-state index in [0.717, 1.165) is 37.1 Å². The Labute approximate surface area is 209 Å². The molecule has 1 fully saturated rings. The van der Waals surface area contributed by atoms with Gasteiger partial charge in [0.2, 0.25) is 0 Å². The molecule has 2 unspecified atom stereocenters. The predicted molar refractivity (Wildman–Crippen MR) is 141 cm³/mol. The van der Waals surface area contributed by atoms with Crippen LogP contribution in [0.25, 0.3) is 0 Å². The topological polar surface area (TPSA) is 65.3 Å². The third-order valence-corrected chi connectivity index (χ3v) is 5.78. The van der Waals surface area contributed by atoms with E-state index in [1.807, 2.05) is 18.2 Å². The summed E-state index contributed by atoms with van der Waals surface area (Å²) in [6.07, 6.45) is 4.21. The Morgan fingerprint density at radius 1 is 1.19 bits per heavy atom. The van der Waals surface area contributed by atoms with Gasteiger partial charge in [-0.1, -0.05) is 12.1 Å². The quantitative estimate of drug-likeness (QED) is 0.264. The summed E-state index contributed by atoms with van der Waals surface area (Å²) in [6, 6.07) is 12.7. The number of nitrogens with one attached hydrogen (secondary N) is 2. The van der Waals surface area contributed by atoms with Gasteiger partial charge in [0, 0.05) is 13.1 Å². The van der Waals surface area contributed by atoms with Gasteiger partial charge in [0.05, 0.1) is 32.0 Å².